The van der Waals surface area contributed by atoms with E-state index in [1.54, 1.807) is 81.4 Å². The zero-order chi connectivity index (χ0) is 30.2. The van der Waals surface area contributed by atoms with Crippen LogP contribution in [0.15, 0.2) is 72.1 Å². The number of carbonyl (C=O) groups excluding carboxylic acids is 3. The molecule has 10 nitrogen and oxygen atoms in total. The predicted molar refractivity (Wildman–Crippen MR) is 140 cm³/mol. The first-order chi connectivity index (χ1) is 19.1. The SMILES string of the molecule is CC(C)(C)OC(=O)N[C@@H]1C(=O)N2C(C(=O)OC(c3ccccc3)c3ccccc3)=C(OS(=O)(=O)C(F)(F)F)CS[C@H]12. The molecule has 2 heterocycles. The van der Waals surface area contributed by atoms with Gasteiger partial charge in [-0.05, 0) is 31.9 Å². The van der Waals surface area contributed by atoms with Crippen LogP contribution in [0.25, 0.3) is 0 Å². The smallest absolute Gasteiger partial charge is 0.448 e. The number of fused-ring (bicyclic) bond motifs is 1. The summed E-state index contributed by atoms with van der Waals surface area (Å²) in [4.78, 5) is 39.8. The largest absolute Gasteiger partial charge is 0.534 e. The summed E-state index contributed by atoms with van der Waals surface area (Å²) in [7, 11) is -6.19. The van der Waals surface area contributed by atoms with Gasteiger partial charge in [0.15, 0.2) is 17.6 Å². The van der Waals surface area contributed by atoms with Gasteiger partial charge in [-0.25, -0.2) is 9.59 Å². The van der Waals surface area contributed by atoms with E-state index in [9.17, 15) is 36.0 Å². The molecule has 0 spiro atoms. The van der Waals surface area contributed by atoms with Crippen molar-refractivity contribution in [3.63, 3.8) is 0 Å². The second-order valence-corrected chi connectivity index (χ2v) is 12.5. The second-order valence-electron chi connectivity index (χ2n) is 9.90. The number of carbonyl (C=O) groups is 3. The molecule has 2 atom stereocenters. The fourth-order valence-electron chi connectivity index (χ4n) is 4.01. The number of hydrogen-bond acceptors (Lipinski definition) is 9. The lowest BCUT2D eigenvalue weighted by Crippen LogP contribution is -2.71. The van der Waals surface area contributed by atoms with Crippen LogP contribution < -0.4 is 5.32 Å². The van der Waals surface area contributed by atoms with Crippen molar-refractivity contribution in [3.8, 4) is 0 Å². The Kier molecular flexibility index (Phi) is 8.32. The second kappa shape index (κ2) is 11.3. The molecular formula is C26H25F3N2O8S2. The van der Waals surface area contributed by atoms with Crippen LogP contribution in [0.3, 0.4) is 0 Å². The number of halogens is 3. The summed E-state index contributed by atoms with van der Waals surface area (Å²) in [6.45, 7) is 4.82. The Hall–Kier alpha value is -3.72. The van der Waals surface area contributed by atoms with Gasteiger partial charge in [-0.15, -0.1) is 11.8 Å². The fourth-order valence-corrected chi connectivity index (χ4v) is 5.83. The molecule has 15 heteroatoms. The van der Waals surface area contributed by atoms with Crippen LogP contribution in [0, 0.1) is 0 Å². The number of nitrogens with one attached hydrogen (secondary N) is 1. The van der Waals surface area contributed by atoms with E-state index in [4.69, 9.17) is 9.47 Å². The molecule has 1 fully saturated rings. The van der Waals surface area contributed by atoms with Gasteiger partial charge in [0.2, 0.25) is 0 Å². The summed E-state index contributed by atoms with van der Waals surface area (Å²) in [5.74, 6) is -3.69. The number of amides is 2. The quantitative estimate of drug-likeness (QED) is 0.211. The minimum absolute atomic E-state index is 0.499. The van der Waals surface area contributed by atoms with Crippen LogP contribution in [0.2, 0.25) is 0 Å². The molecular weight excluding hydrogens is 589 g/mol. The van der Waals surface area contributed by atoms with Crippen molar-refractivity contribution in [1.82, 2.24) is 10.2 Å². The Morgan fingerprint density at radius 2 is 1.54 bits per heavy atom. The maximum atomic E-state index is 13.6. The first-order valence-corrected chi connectivity index (χ1v) is 14.5. The third-order valence-corrected chi connectivity index (χ3v) is 7.96. The molecule has 0 aromatic heterocycles. The Labute approximate surface area is 237 Å². The third-order valence-electron chi connectivity index (χ3n) is 5.72. The van der Waals surface area contributed by atoms with Crippen molar-refractivity contribution < 1.29 is 49.6 Å². The van der Waals surface area contributed by atoms with Crippen molar-refractivity contribution in [2.75, 3.05) is 5.75 Å². The van der Waals surface area contributed by atoms with E-state index >= 15 is 0 Å². The minimum Gasteiger partial charge on any atom is -0.448 e. The standard InChI is InChI=1S/C26H25F3N2O8S2/c1-25(2,3)38-24(34)30-18-21(32)31-19(17(14-40-22(18)31)39-41(35,36)26(27,28)29)23(33)37-20(15-10-6-4-7-11-15)16-12-8-5-9-13-16/h4-13,18,20,22H,14H2,1-3H3,(H,30,34)/t18-,22-/m1/s1. The number of nitrogens with zero attached hydrogens (tertiary/aromatic N) is 1. The lowest BCUT2D eigenvalue weighted by molar-refractivity contribution is -0.154. The lowest BCUT2D eigenvalue weighted by atomic mass is 10.0. The molecule has 4 rings (SSSR count). The third kappa shape index (κ3) is 6.62. The highest BCUT2D eigenvalue weighted by Crippen LogP contribution is 2.43. The van der Waals surface area contributed by atoms with Crippen molar-refractivity contribution in [2.24, 2.45) is 0 Å². The molecule has 2 aliphatic rings. The van der Waals surface area contributed by atoms with Gasteiger partial charge >= 0.3 is 27.7 Å². The van der Waals surface area contributed by atoms with Gasteiger partial charge in [0.05, 0.1) is 5.75 Å². The number of thioether (sulfide) groups is 1. The normalized spacial score (nSPS) is 19.3. The number of alkyl carbamates (subject to hydrolysis) is 1. The summed E-state index contributed by atoms with van der Waals surface area (Å²) in [5.41, 5.74) is -6.50. The number of hydrogen-bond donors (Lipinski definition) is 1. The van der Waals surface area contributed by atoms with Crippen molar-refractivity contribution in [2.45, 2.75) is 49.4 Å². The van der Waals surface area contributed by atoms with Gasteiger partial charge in [-0.3, -0.25) is 9.69 Å². The highest BCUT2D eigenvalue weighted by Gasteiger charge is 2.57. The Bertz CT molecular complexity index is 1420. The number of benzene rings is 2. The topological polar surface area (TPSA) is 128 Å². The lowest BCUT2D eigenvalue weighted by Gasteiger charge is -2.49. The molecule has 2 amide bonds. The van der Waals surface area contributed by atoms with Crippen molar-refractivity contribution in [3.05, 3.63) is 83.2 Å². The van der Waals surface area contributed by atoms with Gasteiger partial charge in [-0.2, -0.15) is 21.6 Å². The molecule has 2 aromatic carbocycles. The average molecular weight is 615 g/mol. The van der Waals surface area contributed by atoms with Crippen LogP contribution in [-0.4, -0.2) is 59.6 Å². The molecule has 0 unspecified atom stereocenters. The summed E-state index contributed by atoms with van der Waals surface area (Å²) in [6.07, 6.45) is -2.00. The van der Waals surface area contributed by atoms with E-state index in [1.165, 1.54) is 0 Å². The number of alkyl halides is 3. The summed E-state index contributed by atoms with van der Waals surface area (Å²) in [5, 5.41) is 1.39. The Balaban J connectivity index is 1.70. The molecule has 2 aliphatic heterocycles. The van der Waals surface area contributed by atoms with Gasteiger partial charge < -0.3 is 19.0 Å². The average Bonchev–Trinajstić information content (AvgIpc) is 2.89. The Morgan fingerprint density at radius 3 is 2.02 bits per heavy atom. The molecule has 1 N–H and O–H groups in total. The number of rotatable bonds is 7. The molecule has 0 radical (unpaired) electrons. The molecule has 0 aliphatic carbocycles. The van der Waals surface area contributed by atoms with Gasteiger partial charge in [0.1, 0.15) is 17.0 Å². The highest BCUT2D eigenvalue weighted by atomic mass is 32.2. The van der Waals surface area contributed by atoms with Gasteiger partial charge in [0.25, 0.3) is 5.91 Å². The molecule has 220 valence electrons. The maximum Gasteiger partial charge on any atom is 0.534 e. The first kappa shape index (κ1) is 30.2. The minimum atomic E-state index is -6.19. The van der Waals surface area contributed by atoms with Crippen LogP contribution in [0.4, 0.5) is 18.0 Å². The monoisotopic (exact) mass is 614 g/mol. The summed E-state index contributed by atoms with van der Waals surface area (Å²) in [6, 6.07) is 15.6. The molecule has 2 aromatic rings. The molecule has 0 bridgehead atoms. The van der Waals surface area contributed by atoms with E-state index in [1.807, 2.05) is 0 Å². The van der Waals surface area contributed by atoms with Crippen LogP contribution in [-0.2, 0) is 33.4 Å². The Morgan fingerprint density at radius 1 is 1.00 bits per heavy atom. The maximum absolute atomic E-state index is 13.6. The van der Waals surface area contributed by atoms with Gasteiger partial charge in [0, 0.05) is 0 Å². The van der Waals surface area contributed by atoms with Crippen LogP contribution in [0.5, 0.6) is 0 Å². The van der Waals surface area contributed by atoms with Gasteiger partial charge in [-0.1, -0.05) is 60.7 Å². The van der Waals surface area contributed by atoms with E-state index in [0.29, 0.717) is 11.1 Å². The van der Waals surface area contributed by atoms with Crippen molar-refractivity contribution in [1.29, 1.82) is 0 Å². The van der Waals surface area contributed by atoms with Crippen molar-refractivity contribution >= 4 is 39.8 Å². The highest BCUT2D eigenvalue weighted by molar-refractivity contribution is 8.00. The number of esters is 1. The molecule has 1 saturated heterocycles. The first-order valence-electron chi connectivity index (χ1n) is 12.1. The van der Waals surface area contributed by atoms with E-state index in [0.717, 1.165) is 16.7 Å². The summed E-state index contributed by atoms with van der Waals surface area (Å²) < 4.78 is 78.5. The zero-order valence-electron chi connectivity index (χ0n) is 21.9. The zero-order valence-corrected chi connectivity index (χ0v) is 23.5. The molecule has 41 heavy (non-hydrogen) atoms. The van der Waals surface area contributed by atoms with Crippen LogP contribution in [0.1, 0.15) is 38.0 Å². The predicted octanol–water partition coefficient (Wildman–Crippen LogP) is 4.21. The number of ether oxygens (including phenoxy) is 2. The van der Waals surface area contributed by atoms with E-state index in [-0.39, 0.29) is 0 Å². The van der Waals surface area contributed by atoms with E-state index < -0.39 is 73.9 Å². The van der Waals surface area contributed by atoms with E-state index in [2.05, 4.69) is 9.50 Å². The summed E-state index contributed by atoms with van der Waals surface area (Å²) >= 11 is 0.789. The molecule has 0 saturated carbocycles. The van der Waals surface area contributed by atoms with Crippen LogP contribution >= 0.6 is 11.8 Å². The fraction of sp³-hybridized carbons (Fsp3) is 0.346. The number of β-lactam (4-membered cyclic amide) rings is 1.